The molecule has 0 radical (unpaired) electrons. The topological polar surface area (TPSA) is 64.6 Å². The first-order chi connectivity index (χ1) is 13.1. The number of nitrogens with one attached hydrogen (secondary N) is 1. The zero-order chi connectivity index (χ0) is 19.5. The van der Waals surface area contributed by atoms with Crippen LogP contribution in [0, 0.1) is 0 Å². The minimum atomic E-state index is -0.419. The zero-order valence-corrected chi connectivity index (χ0v) is 16.5. The molecule has 0 saturated carbocycles. The van der Waals surface area contributed by atoms with Crippen molar-refractivity contribution < 1.29 is 19.1 Å². The van der Waals surface area contributed by atoms with E-state index in [2.05, 4.69) is 12.2 Å². The Hall–Kier alpha value is -2.47. The van der Waals surface area contributed by atoms with Crippen molar-refractivity contribution in [2.75, 3.05) is 19.5 Å². The molecule has 0 unspecified atom stereocenters. The Bertz CT molecular complexity index is 719. The molecular weight excluding hydrogens is 362 g/mol. The van der Waals surface area contributed by atoms with Gasteiger partial charge >= 0.3 is 5.97 Å². The predicted octanol–water partition coefficient (Wildman–Crippen LogP) is 3.99. The number of benzene rings is 2. The Labute approximate surface area is 164 Å². The molecule has 27 heavy (non-hydrogen) atoms. The number of hydrogen-bond acceptors (Lipinski definition) is 5. The first-order valence-electron chi connectivity index (χ1n) is 8.89. The van der Waals surface area contributed by atoms with Gasteiger partial charge < -0.3 is 14.8 Å². The van der Waals surface area contributed by atoms with Gasteiger partial charge in [0.05, 0.1) is 18.9 Å². The lowest BCUT2D eigenvalue weighted by atomic mass is 10.0. The summed E-state index contributed by atoms with van der Waals surface area (Å²) in [5.74, 6) is 0.202. The fraction of sp³-hybridized carbons (Fsp3) is 0.333. The van der Waals surface area contributed by atoms with Gasteiger partial charge in [-0.3, -0.25) is 9.59 Å². The van der Waals surface area contributed by atoms with Crippen molar-refractivity contribution in [2.24, 2.45) is 0 Å². The molecule has 0 aliphatic rings. The van der Waals surface area contributed by atoms with Crippen LogP contribution in [-0.4, -0.2) is 31.3 Å². The molecule has 0 bridgehead atoms. The molecule has 0 aromatic heterocycles. The molecule has 0 aliphatic carbocycles. The number of carbonyl (C=O) groups is 2. The van der Waals surface area contributed by atoms with E-state index >= 15 is 0 Å². The standard InChI is InChI=1S/C21H25NO4S/c1-3-7-19(16-8-5-4-6-9-16)22-20(23)14-26-21(24)15-27-18-12-10-17(25-2)11-13-18/h4-6,8-13,19H,3,7,14-15H2,1-2H3,(H,22,23)/t19-/m1/s1. The Morgan fingerprint density at radius 1 is 1.07 bits per heavy atom. The lowest BCUT2D eigenvalue weighted by Crippen LogP contribution is -2.32. The number of hydrogen-bond donors (Lipinski definition) is 1. The lowest BCUT2D eigenvalue weighted by molar-refractivity contribution is -0.146. The molecule has 0 fully saturated rings. The van der Waals surface area contributed by atoms with Gasteiger partial charge in [-0.15, -0.1) is 11.8 Å². The van der Waals surface area contributed by atoms with E-state index in [1.54, 1.807) is 7.11 Å². The maximum absolute atomic E-state index is 12.1. The maximum Gasteiger partial charge on any atom is 0.316 e. The van der Waals surface area contributed by atoms with E-state index in [0.717, 1.165) is 29.1 Å². The van der Waals surface area contributed by atoms with E-state index in [-0.39, 0.29) is 24.3 Å². The van der Waals surface area contributed by atoms with Crippen molar-refractivity contribution in [3.8, 4) is 5.75 Å². The lowest BCUT2D eigenvalue weighted by Gasteiger charge is -2.18. The van der Waals surface area contributed by atoms with Crippen molar-refractivity contribution in [2.45, 2.75) is 30.7 Å². The monoisotopic (exact) mass is 387 g/mol. The molecule has 2 aromatic rings. The van der Waals surface area contributed by atoms with Crippen LogP contribution in [0.1, 0.15) is 31.4 Å². The molecule has 2 rings (SSSR count). The van der Waals surface area contributed by atoms with E-state index in [4.69, 9.17) is 9.47 Å². The summed E-state index contributed by atoms with van der Waals surface area (Å²) in [6, 6.07) is 17.1. The van der Waals surface area contributed by atoms with Crippen molar-refractivity contribution in [3.63, 3.8) is 0 Å². The summed E-state index contributed by atoms with van der Waals surface area (Å²) in [6.45, 7) is 1.80. The average Bonchev–Trinajstić information content (AvgIpc) is 2.71. The Morgan fingerprint density at radius 2 is 1.78 bits per heavy atom. The number of amides is 1. The molecule has 0 saturated heterocycles. The number of ether oxygens (including phenoxy) is 2. The van der Waals surface area contributed by atoms with Gasteiger partial charge in [0.25, 0.3) is 5.91 Å². The fourth-order valence-electron chi connectivity index (χ4n) is 2.53. The summed E-state index contributed by atoms with van der Waals surface area (Å²) in [5, 5.41) is 2.94. The second-order valence-electron chi connectivity index (χ2n) is 5.94. The normalized spacial score (nSPS) is 11.5. The molecule has 0 aliphatic heterocycles. The minimum Gasteiger partial charge on any atom is -0.497 e. The summed E-state index contributed by atoms with van der Waals surface area (Å²) < 4.78 is 10.2. The van der Waals surface area contributed by atoms with Crippen LogP contribution in [0.2, 0.25) is 0 Å². The van der Waals surface area contributed by atoms with Gasteiger partial charge in [-0.25, -0.2) is 0 Å². The van der Waals surface area contributed by atoms with Crippen molar-refractivity contribution >= 4 is 23.6 Å². The molecule has 5 nitrogen and oxygen atoms in total. The Morgan fingerprint density at radius 3 is 2.41 bits per heavy atom. The van der Waals surface area contributed by atoms with Crippen LogP contribution in [0.5, 0.6) is 5.75 Å². The van der Waals surface area contributed by atoms with Gasteiger partial charge in [0.1, 0.15) is 5.75 Å². The summed E-state index contributed by atoms with van der Waals surface area (Å²) >= 11 is 1.36. The molecule has 1 N–H and O–H groups in total. The van der Waals surface area contributed by atoms with Crippen molar-refractivity contribution in [3.05, 3.63) is 60.2 Å². The molecule has 144 valence electrons. The highest BCUT2D eigenvalue weighted by molar-refractivity contribution is 8.00. The highest BCUT2D eigenvalue weighted by Crippen LogP contribution is 2.21. The van der Waals surface area contributed by atoms with Crippen molar-refractivity contribution in [1.82, 2.24) is 5.32 Å². The Balaban J connectivity index is 1.75. The highest BCUT2D eigenvalue weighted by atomic mass is 32.2. The predicted molar refractivity (Wildman–Crippen MR) is 107 cm³/mol. The second kappa shape index (κ2) is 11.3. The second-order valence-corrected chi connectivity index (χ2v) is 6.99. The van der Waals surface area contributed by atoms with Crippen LogP contribution in [-0.2, 0) is 14.3 Å². The molecule has 2 aromatic carbocycles. The van der Waals surface area contributed by atoms with Crippen LogP contribution in [0.15, 0.2) is 59.5 Å². The molecule has 6 heteroatoms. The van der Waals surface area contributed by atoms with E-state index in [9.17, 15) is 9.59 Å². The number of carbonyl (C=O) groups excluding carboxylic acids is 2. The summed E-state index contributed by atoms with van der Waals surface area (Å²) in [6.07, 6.45) is 1.77. The van der Waals surface area contributed by atoms with Gasteiger partial charge in [0.15, 0.2) is 6.61 Å². The third kappa shape index (κ3) is 7.35. The highest BCUT2D eigenvalue weighted by Gasteiger charge is 2.15. The van der Waals surface area contributed by atoms with Crippen LogP contribution >= 0.6 is 11.8 Å². The van der Waals surface area contributed by atoms with E-state index < -0.39 is 5.97 Å². The average molecular weight is 388 g/mol. The van der Waals surface area contributed by atoms with Gasteiger partial charge in [0, 0.05) is 4.90 Å². The SMILES string of the molecule is CCC[C@@H](NC(=O)COC(=O)CSc1ccc(OC)cc1)c1ccccc1. The van der Waals surface area contributed by atoms with Gasteiger partial charge in [-0.05, 0) is 36.2 Å². The fourth-order valence-corrected chi connectivity index (χ4v) is 3.23. The number of esters is 1. The molecule has 1 atom stereocenters. The van der Waals surface area contributed by atoms with Crippen LogP contribution in [0.3, 0.4) is 0 Å². The quantitative estimate of drug-likeness (QED) is 0.493. The third-order valence-corrected chi connectivity index (χ3v) is 4.88. The first kappa shape index (κ1) is 20.8. The molecule has 0 heterocycles. The summed E-state index contributed by atoms with van der Waals surface area (Å²) in [5.41, 5.74) is 1.05. The minimum absolute atomic E-state index is 0.0731. The maximum atomic E-state index is 12.1. The van der Waals surface area contributed by atoms with Gasteiger partial charge in [-0.1, -0.05) is 43.7 Å². The Kier molecular flexibility index (Phi) is 8.71. The summed E-state index contributed by atoms with van der Waals surface area (Å²) in [4.78, 5) is 25.0. The number of rotatable bonds is 10. The van der Waals surface area contributed by atoms with Crippen LogP contribution in [0.25, 0.3) is 0 Å². The molecule has 0 spiro atoms. The van der Waals surface area contributed by atoms with Gasteiger partial charge in [0.2, 0.25) is 0 Å². The molecule has 1 amide bonds. The third-order valence-electron chi connectivity index (χ3n) is 3.89. The van der Waals surface area contributed by atoms with E-state index in [1.165, 1.54) is 11.8 Å². The zero-order valence-electron chi connectivity index (χ0n) is 15.6. The van der Waals surface area contributed by atoms with Crippen molar-refractivity contribution in [1.29, 1.82) is 0 Å². The van der Waals surface area contributed by atoms with Crippen LogP contribution in [0.4, 0.5) is 0 Å². The molecular formula is C21H25NO4S. The largest absolute Gasteiger partial charge is 0.497 e. The summed E-state index contributed by atoms with van der Waals surface area (Å²) in [7, 11) is 1.60. The van der Waals surface area contributed by atoms with E-state index in [1.807, 2.05) is 54.6 Å². The first-order valence-corrected chi connectivity index (χ1v) is 9.87. The van der Waals surface area contributed by atoms with Gasteiger partial charge in [-0.2, -0.15) is 0 Å². The van der Waals surface area contributed by atoms with E-state index in [0.29, 0.717) is 0 Å². The van der Waals surface area contributed by atoms with Crippen LogP contribution < -0.4 is 10.1 Å². The smallest absolute Gasteiger partial charge is 0.316 e. The number of thioether (sulfide) groups is 1. The number of methoxy groups -OCH3 is 1.